The third-order valence-corrected chi connectivity index (χ3v) is 5.10. The lowest BCUT2D eigenvalue weighted by Gasteiger charge is -2.18. The number of rotatable bonds is 13. The molecule has 3 rings (SSSR count). The molecule has 0 fully saturated rings. The van der Waals surface area contributed by atoms with Gasteiger partial charge >= 0.3 is 0 Å². The van der Waals surface area contributed by atoms with Gasteiger partial charge in [0.1, 0.15) is 24.7 Å². The molecule has 0 atom stereocenters. The van der Waals surface area contributed by atoms with Crippen LogP contribution in [0, 0.1) is 0 Å². The van der Waals surface area contributed by atoms with E-state index in [1.165, 1.54) is 16.3 Å². The Morgan fingerprint density at radius 2 is 1.58 bits per heavy atom. The standard InChI is InChI=1S/C27H31NO3/c1-3-15-28(16-4-2)17-19-30-24-12-9-22(10-13-24)21-26-25-8-6-5-7-23(25)11-14-27(26)31-20-18-29/h3-14,29H,1-2,15-21H2. The highest BCUT2D eigenvalue weighted by molar-refractivity contribution is 5.88. The van der Waals surface area contributed by atoms with Gasteiger partial charge in [-0.25, -0.2) is 0 Å². The number of benzene rings is 3. The summed E-state index contributed by atoms with van der Waals surface area (Å²) in [4.78, 5) is 2.22. The van der Waals surface area contributed by atoms with Crippen LogP contribution in [0.3, 0.4) is 0 Å². The Balaban J connectivity index is 1.68. The first-order chi connectivity index (χ1) is 15.2. The quantitative estimate of drug-likeness (QED) is 0.404. The summed E-state index contributed by atoms with van der Waals surface area (Å²) >= 11 is 0. The zero-order valence-electron chi connectivity index (χ0n) is 18.0. The summed E-state index contributed by atoms with van der Waals surface area (Å²) in [5, 5.41) is 11.5. The van der Waals surface area contributed by atoms with Crippen molar-refractivity contribution in [2.24, 2.45) is 0 Å². The predicted molar refractivity (Wildman–Crippen MR) is 128 cm³/mol. The van der Waals surface area contributed by atoms with Crippen molar-refractivity contribution < 1.29 is 14.6 Å². The van der Waals surface area contributed by atoms with E-state index >= 15 is 0 Å². The van der Waals surface area contributed by atoms with E-state index in [0.29, 0.717) is 6.61 Å². The molecule has 0 bridgehead atoms. The van der Waals surface area contributed by atoms with E-state index in [-0.39, 0.29) is 13.2 Å². The van der Waals surface area contributed by atoms with Crippen LogP contribution in [0.15, 0.2) is 86.0 Å². The van der Waals surface area contributed by atoms with Gasteiger partial charge < -0.3 is 14.6 Å². The van der Waals surface area contributed by atoms with E-state index in [4.69, 9.17) is 14.6 Å². The number of hydrogen-bond donors (Lipinski definition) is 1. The van der Waals surface area contributed by atoms with Crippen molar-refractivity contribution >= 4 is 10.8 Å². The van der Waals surface area contributed by atoms with Crippen LogP contribution in [0.5, 0.6) is 11.5 Å². The number of aliphatic hydroxyl groups excluding tert-OH is 1. The number of fused-ring (bicyclic) bond motifs is 1. The number of ether oxygens (including phenoxy) is 2. The van der Waals surface area contributed by atoms with Crippen molar-refractivity contribution in [2.75, 3.05) is 39.5 Å². The molecule has 4 heteroatoms. The minimum Gasteiger partial charge on any atom is -0.492 e. The molecule has 0 aliphatic rings. The molecule has 3 aromatic rings. The van der Waals surface area contributed by atoms with Crippen molar-refractivity contribution in [1.82, 2.24) is 4.90 Å². The van der Waals surface area contributed by atoms with Gasteiger partial charge in [-0.15, -0.1) is 13.2 Å². The lowest BCUT2D eigenvalue weighted by atomic mass is 9.97. The van der Waals surface area contributed by atoms with Crippen LogP contribution in [-0.4, -0.2) is 49.5 Å². The molecule has 162 valence electrons. The maximum atomic E-state index is 9.17. The highest BCUT2D eigenvalue weighted by atomic mass is 16.5. The lowest BCUT2D eigenvalue weighted by Crippen LogP contribution is -2.28. The summed E-state index contributed by atoms with van der Waals surface area (Å²) in [6.07, 6.45) is 4.53. The number of nitrogens with zero attached hydrogens (tertiary/aromatic N) is 1. The smallest absolute Gasteiger partial charge is 0.123 e. The van der Waals surface area contributed by atoms with Crippen molar-refractivity contribution in [3.8, 4) is 11.5 Å². The molecule has 0 aliphatic heterocycles. The number of aliphatic hydroxyl groups is 1. The third-order valence-electron chi connectivity index (χ3n) is 5.10. The van der Waals surface area contributed by atoms with E-state index in [1.807, 2.05) is 42.5 Å². The predicted octanol–water partition coefficient (Wildman–Crippen LogP) is 4.85. The Morgan fingerprint density at radius 1 is 0.839 bits per heavy atom. The third kappa shape index (κ3) is 6.45. The Hall–Kier alpha value is -3.08. The average molecular weight is 418 g/mol. The SMILES string of the molecule is C=CCN(CC=C)CCOc1ccc(Cc2c(OCCO)ccc3ccccc23)cc1. The zero-order valence-corrected chi connectivity index (χ0v) is 18.0. The fourth-order valence-electron chi connectivity index (χ4n) is 3.61. The van der Waals surface area contributed by atoms with Gasteiger partial charge in [0.2, 0.25) is 0 Å². The van der Waals surface area contributed by atoms with Crippen LogP contribution < -0.4 is 9.47 Å². The Morgan fingerprint density at radius 3 is 2.29 bits per heavy atom. The summed E-state index contributed by atoms with van der Waals surface area (Å²) in [6, 6.07) is 20.6. The van der Waals surface area contributed by atoms with E-state index in [1.54, 1.807) is 0 Å². The highest BCUT2D eigenvalue weighted by Crippen LogP contribution is 2.30. The maximum Gasteiger partial charge on any atom is 0.123 e. The molecule has 0 aromatic heterocycles. The van der Waals surface area contributed by atoms with Gasteiger partial charge in [-0.1, -0.05) is 54.6 Å². The minimum atomic E-state index is -0.00463. The second kappa shape index (κ2) is 11.9. The van der Waals surface area contributed by atoms with Crippen molar-refractivity contribution in [3.05, 3.63) is 97.1 Å². The fourth-order valence-corrected chi connectivity index (χ4v) is 3.61. The molecule has 0 saturated carbocycles. The molecular weight excluding hydrogens is 386 g/mol. The van der Waals surface area contributed by atoms with Crippen molar-refractivity contribution in [1.29, 1.82) is 0 Å². The zero-order chi connectivity index (χ0) is 21.9. The van der Waals surface area contributed by atoms with E-state index < -0.39 is 0 Å². The van der Waals surface area contributed by atoms with Crippen LogP contribution in [0.25, 0.3) is 10.8 Å². The summed E-state index contributed by atoms with van der Waals surface area (Å²) < 4.78 is 11.7. The van der Waals surface area contributed by atoms with Gasteiger partial charge in [0.15, 0.2) is 0 Å². The average Bonchev–Trinajstić information content (AvgIpc) is 2.80. The van der Waals surface area contributed by atoms with E-state index in [2.05, 4.69) is 48.4 Å². The van der Waals surface area contributed by atoms with Gasteiger partial charge in [0, 0.05) is 31.6 Å². The summed E-state index contributed by atoms with van der Waals surface area (Å²) in [7, 11) is 0. The van der Waals surface area contributed by atoms with Crippen LogP contribution in [-0.2, 0) is 6.42 Å². The fraction of sp³-hybridized carbons (Fsp3) is 0.259. The Labute approximate surface area is 185 Å². The van der Waals surface area contributed by atoms with E-state index in [9.17, 15) is 0 Å². The minimum absolute atomic E-state index is 0.00463. The molecule has 0 amide bonds. The topological polar surface area (TPSA) is 41.9 Å². The molecule has 0 unspecified atom stereocenters. The van der Waals surface area contributed by atoms with Crippen LogP contribution >= 0.6 is 0 Å². The molecule has 31 heavy (non-hydrogen) atoms. The summed E-state index contributed by atoms with van der Waals surface area (Å²) in [5.41, 5.74) is 2.31. The van der Waals surface area contributed by atoms with Gasteiger partial charge in [0.25, 0.3) is 0 Å². The first-order valence-corrected chi connectivity index (χ1v) is 10.7. The first kappa shape index (κ1) is 22.6. The molecule has 3 aromatic carbocycles. The first-order valence-electron chi connectivity index (χ1n) is 10.7. The van der Waals surface area contributed by atoms with Crippen molar-refractivity contribution in [2.45, 2.75) is 6.42 Å². The maximum absolute atomic E-state index is 9.17. The van der Waals surface area contributed by atoms with Crippen molar-refractivity contribution in [3.63, 3.8) is 0 Å². The molecule has 1 N–H and O–H groups in total. The van der Waals surface area contributed by atoms with Gasteiger partial charge in [-0.3, -0.25) is 4.90 Å². The Kier molecular flexibility index (Phi) is 8.71. The lowest BCUT2D eigenvalue weighted by molar-refractivity contribution is 0.200. The molecule has 0 saturated heterocycles. The monoisotopic (exact) mass is 417 g/mol. The van der Waals surface area contributed by atoms with Crippen LogP contribution in [0.2, 0.25) is 0 Å². The van der Waals surface area contributed by atoms with Crippen LogP contribution in [0.1, 0.15) is 11.1 Å². The molecule has 0 radical (unpaired) electrons. The molecule has 4 nitrogen and oxygen atoms in total. The van der Waals surface area contributed by atoms with E-state index in [0.717, 1.165) is 43.1 Å². The molecule has 0 heterocycles. The van der Waals surface area contributed by atoms with Crippen LogP contribution in [0.4, 0.5) is 0 Å². The normalized spacial score (nSPS) is 10.9. The largest absolute Gasteiger partial charge is 0.492 e. The molecular formula is C27H31NO3. The van der Waals surface area contributed by atoms with Gasteiger partial charge in [-0.05, 0) is 34.5 Å². The second-order valence-corrected chi connectivity index (χ2v) is 7.34. The molecule has 0 aliphatic carbocycles. The summed E-state index contributed by atoms with van der Waals surface area (Å²) in [6.45, 7) is 10.9. The number of hydrogen-bond acceptors (Lipinski definition) is 4. The second-order valence-electron chi connectivity index (χ2n) is 7.34. The summed E-state index contributed by atoms with van der Waals surface area (Å²) in [5.74, 6) is 1.67. The highest BCUT2D eigenvalue weighted by Gasteiger charge is 2.10. The van der Waals surface area contributed by atoms with Gasteiger partial charge in [-0.2, -0.15) is 0 Å². The Bertz CT molecular complexity index is 971. The van der Waals surface area contributed by atoms with Gasteiger partial charge in [0.05, 0.1) is 6.61 Å². The molecule has 0 spiro atoms.